The average Bonchev–Trinajstić information content (AvgIpc) is 2.00. The minimum absolute atomic E-state index is 0.332. The van der Waals surface area contributed by atoms with Crippen LogP contribution in [0.15, 0.2) is 0 Å². The number of aliphatic hydroxyl groups is 4. The summed E-state index contributed by atoms with van der Waals surface area (Å²) in [5.41, 5.74) is 0. The van der Waals surface area contributed by atoms with Crippen molar-refractivity contribution in [2.24, 2.45) is 0 Å². The topological polar surface area (TPSA) is 80.9 Å². The van der Waals surface area contributed by atoms with E-state index < -0.39 is 24.1 Å². The third kappa shape index (κ3) is 2.85. The van der Waals surface area contributed by atoms with Gasteiger partial charge in [-0.1, -0.05) is 0 Å². The monoisotopic (exact) mass is 168 g/mol. The lowest BCUT2D eigenvalue weighted by Gasteiger charge is -2.19. The fourth-order valence-electron chi connectivity index (χ4n) is 0.472. The summed E-state index contributed by atoms with van der Waals surface area (Å²) in [6, 6.07) is 0. The Morgan fingerprint density at radius 1 is 1.10 bits per heavy atom. The maximum atomic E-state index is 8.94. The van der Waals surface area contributed by atoms with Gasteiger partial charge in [0.2, 0.25) is 0 Å². The first kappa shape index (κ1) is 10.2. The molecule has 0 aliphatic heterocycles. The van der Waals surface area contributed by atoms with Crippen LogP contribution in [0, 0.1) is 0 Å². The second kappa shape index (κ2) is 4.92. The lowest BCUT2D eigenvalue weighted by molar-refractivity contribution is -0.0200. The Morgan fingerprint density at radius 2 is 1.60 bits per heavy atom. The molecule has 0 saturated heterocycles. The van der Waals surface area contributed by atoms with Gasteiger partial charge in [0.05, 0.1) is 24.6 Å². The summed E-state index contributed by atoms with van der Waals surface area (Å²) in [6.45, 7) is -0.862. The van der Waals surface area contributed by atoms with Crippen LogP contribution >= 0.6 is 12.6 Å². The highest BCUT2D eigenvalue weighted by Crippen LogP contribution is 2.04. The molecule has 0 saturated carbocycles. The quantitative estimate of drug-likeness (QED) is 0.314. The number of aliphatic hydroxyl groups excluding tert-OH is 4. The standard InChI is InChI=1S/C5H12O4S/c6-1-3(8)5(9)4(10)2-7/h3-10H,1-2H2/t3-,4-,5+/m1/s1. The van der Waals surface area contributed by atoms with Gasteiger partial charge in [0.25, 0.3) is 0 Å². The highest BCUT2D eigenvalue weighted by Gasteiger charge is 2.21. The fraction of sp³-hybridized carbons (Fsp3) is 1.00. The van der Waals surface area contributed by atoms with E-state index in [2.05, 4.69) is 12.6 Å². The summed E-state index contributed by atoms with van der Waals surface area (Å²) < 4.78 is 0. The van der Waals surface area contributed by atoms with Crippen LogP contribution in [-0.2, 0) is 0 Å². The van der Waals surface area contributed by atoms with Crippen LogP contribution in [-0.4, -0.2) is 51.1 Å². The molecule has 0 aromatic heterocycles. The zero-order valence-electron chi connectivity index (χ0n) is 5.38. The van der Waals surface area contributed by atoms with Crippen molar-refractivity contribution in [3.8, 4) is 0 Å². The number of thiol groups is 1. The van der Waals surface area contributed by atoms with Crippen molar-refractivity contribution in [2.45, 2.75) is 17.5 Å². The minimum atomic E-state index is -1.23. The van der Waals surface area contributed by atoms with Crippen molar-refractivity contribution in [1.29, 1.82) is 0 Å². The molecule has 10 heavy (non-hydrogen) atoms. The van der Waals surface area contributed by atoms with Crippen LogP contribution < -0.4 is 0 Å². The second-order valence-corrected chi connectivity index (χ2v) is 2.65. The van der Waals surface area contributed by atoms with Crippen LogP contribution in [0.4, 0.5) is 0 Å². The maximum Gasteiger partial charge on any atom is 0.104 e. The van der Waals surface area contributed by atoms with Crippen molar-refractivity contribution >= 4 is 12.6 Å². The van der Waals surface area contributed by atoms with Crippen LogP contribution in [0.25, 0.3) is 0 Å². The molecule has 4 N–H and O–H groups in total. The zero-order chi connectivity index (χ0) is 8.15. The number of hydrogen-bond acceptors (Lipinski definition) is 5. The summed E-state index contributed by atoms with van der Waals surface area (Å²) in [7, 11) is 0. The van der Waals surface area contributed by atoms with Crippen molar-refractivity contribution in [1.82, 2.24) is 0 Å². The van der Waals surface area contributed by atoms with Gasteiger partial charge in [0.1, 0.15) is 6.10 Å². The van der Waals surface area contributed by atoms with Crippen LogP contribution in [0.5, 0.6) is 0 Å². The van der Waals surface area contributed by atoms with Crippen molar-refractivity contribution in [3.05, 3.63) is 0 Å². The van der Waals surface area contributed by atoms with Gasteiger partial charge in [-0.05, 0) is 0 Å². The largest absolute Gasteiger partial charge is 0.395 e. The predicted octanol–water partition coefficient (Wildman–Crippen LogP) is -2.01. The number of hydrogen-bond donors (Lipinski definition) is 5. The third-order valence-corrected chi connectivity index (χ3v) is 1.63. The summed E-state index contributed by atoms with van der Waals surface area (Å²) >= 11 is 3.75. The molecule has 0 aliphatic rings. The summed E-state index contributed by atoms with van der Waals surface area (Å²) in [5, 5.41) is 33.7. The first-order valence-corrected chi connectivity index (χ1v) is 3.41. The smallest absolute Gasteiger partial charge is 0.104 e. The van der Waals surface area contributed by atoms with Crippen molar-refractivity contribution < 1.29 is 20.4 Å². The van der Waals surface area contributed by atoms with E-state index in [9.17, 15) is 0 Å². The molecule has 0 amide bonds. The van der Waals surface area contributed by atoms with E-state index in [-0.39, 0.29) is 6.61 Å². The molecule has 5 heteroatoms. The molecule has 0 fully saturated rings. The SMILES string of the molecule is OC[C@@H](O)[C@H](O)[C@H](S)CO. The van der Waals surface area contributed by atoms with Gasteiger partial charge in [0.15, 0.2) is 0 Å². The summed E-state index contributed by atoms with van der Waals surface area (Å²) in [4.78, 5) is 0. The van der Waals surface area contributed by atoms with Gasteiger partial charge >= 0.3 is 0 Å². The molecular formula is C5H12O4S. The van der Waals surface area contributed by atoms with Crippen molar-refractivity contribution in [2.75, 3.05) is 13.2 Å². The van der Waals surface area contributed by atoms with Crippen LogP contribution in [0.3, 0.4) is 0 Å². The average molecular weight is 168 g/mol. The molecule has 4 nitrogen and oxygen atoms in total. The van der Waals surface area contributed by atoms with E-state index in [1.54, 1.807) is 0 Å². The molecule has 62 valence electrons. The Morgan fingerprint density at radius 3 is 1.90 bits per heavy atom. The molecular weight excluding hydrogens is 156 g/mol. The summed E-state index contributed by atoms with van der Waals surface area (Å²) in [5.74, 6) is 0. The minimum Gasteiger partial charge on any atom is -0.395 e. The van der Waals surface area contributed by atoms with E-state index in [4.69, 9.17) is 20.4 Å². The van der Waals surface area contributed by atoms with Gasteiger partial charge < -0.3 is 20.4 Å². The molecule has 0 aromatic rings. The van der Waals surface area contributed by atoms with E-state index in [0.717, 1.165) is 0 Å². The van der Waals surface area contributed by atoms with Crippen molar-refractivity contribution in [3.63, 3.8) is 0 Å². The maximum absolute atomic E-state index is 8.94. The van der Waals surface area contributed by atoms with E-state index in [0.29, 0.717) is 0 Å². The van der Waals surface area contributed by atoms with Gasteiger partial charge in [-0.15, -0.1) is 0 Å². The first-order valence-electron chi connectivity index (χ1n) is 2.89. The molecule has 0 unspecified atom stereocenters. The Labute approximate surface area is 64.5 Å². The normalized spacial score (nSPS) is 20.1. The molecule has 3 atom stereocenters. The second-order valence-electron chi connectivity index (χ2n) is 1.99. The molecule has 0 aromatic carbocycles. The molecule has 0 spiro atoms. The number of rotatable bonds is 4. The van der Waals surface area contributed by atoms with Gasteiger partial charge in [-0.3, -0.25) is 0 Å². The molecule has 0 aliphatic carbocycles. The Bertz CT molecular complexity index is 79.7. The molecule has 0 rings (SSSR count). The van der Waals surface area contributed by atoms with Gasteiger partial charge in [-0.2, -0.15) is 12.6 Å². The van der Waals surface area contributed by atoms with E-state index in [1.165, 1.54) is 0 Å². The Kier molecular flexibility index (Phi) is 5.02. The Balaban J connectivity index is 3.69. The predicted molar refractivity (Wildman–Crippen MR) is 39.0 cm³/mol. The highest BCUT2D eigenvalue weighted by atomic mass is 32.1. The van der Waals surface area contributed by atoms with E-state index in [1.807, 2.05) is 0 Å². The first-order chi connectivity index (χ1) is 4.63. The van der Waals surface area contributed by atoms with Crippen LogP contribution in [0.2, 0.25) is 0 Å². The van der Waals surface area contributed by atoms with Gasteiger partial charge in [0, 0.05) is 0 Å². The lowest BCUT2D eigenvalue weighted by Crippen LogP contribution is -2.38. The molecule has 0 heterocycles. The third-order valence-electron chi connectivity index (χ3n) is 1.16. The lowest BCUT2D eigenvalue weighted by atomic mass is 10.1. The zero-order valence-corrected chi connectivity index (χ0v) is 6.28. The van der Waals surface area contributed by atoms with Gasteiger partial charge in [-0.25, -0.2) is 0 Å². The molecule has 0 radical (unpaired) electrons. The van der Waals surface area contributed by atoms with Crippen LogP contribution in [0.1, 0.15) is 0 Å². The Hall–Kier alpha value is 0.190. The fourth-order valence-corrected chi connectivity index (χ4v) is 0.671. The summed E-state index contributed by atoms with van der Waals surface area (Å²) in [6.07, 6.45) is -2.41. The van der Waals surface area contributed by atoms with E-state index >= 15 is 0 Å². The molecule has 0 bridgehead atoms. The highest BCUT2D eigenvalue weighted by molar-refractivity contribution is 7.81.